The summed E-state index contributed by atoms with van der Waals surface area (Å²) in [6.07, 6.45) is 2.67. The minimum absolute atomic E-state index is 0.00618. The van der Waals surface area contributed by atoms with Crippen LogP contribution in [0.15, 0.2) is 48.5 Å². The number of hydrogen-bond donors (Lipinski definition) is 3. The van der Waals surface area contributed by atoms with Gasteiger partial charge in [0.1, 0.15) is 17.2 Å². The van der Waals surface area contributed by atoms with Crippen molar-refractivity contribution in [3.05, 3.63) is 59.7 Å². The van der Waals surface area contributed by atoms with E-state index < -0.39 is 5.78 Å². The van der Waals surface area contributed by atoms with Crippen molar-refractivity contribution in [3.8, 4) is 17.2 Å². The monoisotopic (exact) mass is 256 g/mol. The van der Waals surface area contributed by atoms with E-state index in [0.29, 0.717) is 5.56 Å². The number of allylic oxidation sites excluding steroid dienone is 1. The molecule has 4 heteroatoms. The maximum Gasteiger partial charge on any atom is 0.189 e. The van der Waals surface area contributed by atoms with Gasteiger partial charge in [0.25, 0.3) is 0 Å². The third kappa shape index (κ3) is 2.93. The smallest absolute Gasteiger partial charge is 0.189 e. The molecule has 0 radical (unpaired) electrons. The van der Waals surface area contributed by atoms with Crippen LogP contribution in [0.1, 0.15) is 15.9 Å². The highest BCUT2D eigenvalue weighted by Gasteiger charge is 2.09. The van der Waals surface area contributed by atoms with Crippen LogP contribution >= 0.6 is 0 Å². The quantitative estimate of drug-likeness (QED) is 0.448. The zero-order valence-corrected chi connectivity index (χ0v) is 9.95. The van der Waals surface area contributed by atoms with Gasteiger partial charge in [-0.3, -0.25) is 4.79 Å². The van der Waals surface area contributed by atoms with Crippen LogP contribution in [-0.4, -0.2) is 21.1 Å². The molecule has 0 unspecified atom stereocenters. The van der Waals surface area contributed by atoms with Gasteiger partial charge in [0, 0.05) is 5.56 Å². The number of carbonyl (C=O) groups excluding carboxylic acids is 1. The number of ketones is 1. The Balaban J connectivity index is 2.26. The molecule has 0 heterocycles. The summed E-state index contributed by atoms with van der Waals surface area (Å²) in [5, 5.41) is 28.4. The zero-order valence-electron chi connectivity index (χ0n) is 9.95. The van der Waals surface area contributed by atoms with E-state index in [0.717, 1.165) is 0 Å². The van der Waals surface area contributed by atoms with Gasteiger partial charge in [0.2, 0.25) is 0 Å². The first-order valence-corrected chi connectivity index (χ1v) is 5.60. The van der Waals surface area contributed by atoms with Crippen molar-refractivity contribution in [1.82, 2.24) is 0 Å². The third-order valence-corrected chi connectivity index (χ3v) is 2.60. The van der Waals surface area contributed by atoms with Crippen LogP contribution < -0.4 is 0 Å². The molecule has 19 heavy (non-hydrogen) atoms. The highest BCUT2D eigenvalue weighted by atomic mass is 16.3. The van der Waals surface area contributed by atoms with Crippen LogP contribution in [0.3, 0.4) is 0 Å². The number of phenolic OH excluding ortho intramolecular Hbond substituents is 3. The summed E-state index contributed by atoms with van der Waals surface area (Å²) in [5.41, 5.74) is 0.502. The molecule has 2 aromatic rings. The molecule has 96 valence electrons. The van der Waals surface area contributed by atoms with Gasteiger partial charge >= 0.3 is 0 Å². The molecule has 0 bridgehead atoms. The lowest BCUT2D eigenvalue weighted by molar-refractivity contribution is 0.104. The Labute approximate surface area is 109 Å². The fourth-order valence-electron chi connectivity index (χ4n) is 1.61. The van der Waals surface area contributed by atoms with E-state index in [1.807, 2.05) is 0 Å². The molecule has 0 atom stereocenters. The van der Waals surface area contributed by atoms with Crippen LogP contribution in [-0.2, 0) is 0 Å². The Kier molecular flexibility index (Phi) is 3.52. The van der Waals surface area contributed by atoms with Crippen molar-refractivity contribution in [3.63, 3.8) is 0 Å². The predicted octanol–water partition coefficient (Wildman–Crippen LogP) is 2.70. The van der Waals surface area contributed by atoms with Gasteiger partial charge in [-0.1, -0.05) is 18.2 Å². The number of aromatic hydroxyl groups is 3. The van der Waals surface area contributed by atoms with E-state index in [9.17, 15) is 20.1 Å². The topological polar surface area (TPSA) is 77.8 Å². The van der Waals surface area contributed by atoms with E-state index in [1.165, 1.54) is 36.4 Å². The van der Waals surface area contributed by atoms with Crippen molar-refractivity contribution in [2.75, 3.05) is 0 Å². The molecule has 2 aromatic carbocycles. The molecule has 4 nitrogen and oxygen atoms in total. The molecule has 0 saturated heterocycles. The SMILES string of the molecule is O=C(C=Cc1ccccc1O)c1cc(O)ccc1O. The zero-order chi connectivity index (χ0) is 13.8. The molecule has 2 rings (SSSR count). The minimum atomic E-state index is -0.461. The van der Waals surface area contributed by atoms with Crippen LogP contribution in [0.25, 0.3) is 6.08 Å². The molecule has 0 spiro atoms. The highest BCUT2D eigenvalue weighted by Crippen LogP contribution is 2.23. The number of phenols is 3. The van der Waals surface area contributed by atoms with Gasteiger partial charge in [0.05, 0.1) is 5.56 Å². The van der Waals surface area contributed by atoms with Crippen LogP contribution in [0.5, 0.6) is 17.2 Å². The number of carbonyl (C=O) groups is 1. The maximum atomic E-state index is 11.9. The number of para-hydroxylation sites is 1. The molecular weight excluding hydrogens is 244 g/mol. The lowest BCUT2D eigenvalue weighted by atomic mass is 10.1. The summed E-state index contributed by atoms with van der Waals surface area (Å²) >= 11 is 0. The van der Waals surface area contributed by atoms with Gasteiger partial charge < -0.3 is 15.3 Å². The molecule has 0 aliphatic rings. The first-order chi connectivity index (χ1) is 9.08. The van der Waals surface area contributed by atoms with Crippen LogP contribution in [0.4, 0.5) is 0 Å². The second kappa shape index (κ2) is 5.27. The molecule has 0 saturated carbocycles. The summed E-state index contributed by atoms with van der Waals surface area (Å²) < 4.78 is 0. The van der Waals surface area contributed by atoms with E-state index in [2.05, 4.69) is 0 Å². The fourth-order valence-corrected chi connectivity index (χ4v) is 1.61. The van der Waals surface area contributed by atoms with Gasteiger partial charge in [-0.05, 0) is 36.4 Å². The van der Waals surface area contributed by atoms with E-state index in [1.54, 1.807) is 18.2 Å². The highest BCUT2D eigenvalue weighted by molar-refractivity contribution is 6.08. The lowest BCUT2D eigenvalue weighted by Crippen LogP contribution is -1.94. The molecular formula is C15H12O4. The predicted molar refractivity (Wildman–Crippen MR) is 71.2 cm³/mol. The van der Waals surface area contributed by atoms with Crippen molar-refractivity contribution in [2.24, 2.45) is 0 Å². The Morgan fingerprint density at radius 3 is 2.42 bits per heavy atom. The molecule has 0 aromatic heterocycles. The van der Waals surface area contributed by atoms with Crippen LogP contribution in [0, 0.1) is 0 Å². The third-order valence-electron chi connectivity index (χ3n) is 2.60. The van der Waals surface area contributed by atoms with Gasteiger partial charge in [0.15, 0.2) is 5.78 Å². The summed E-state index contributed by atoms with van der Waals surface area (Å²) in [6, 6.07) is 10.3. The minimum Gasteiger partial charge on any atom is -0.508 e. The van der Waals surface area contributed by atoms with E-state index >= 15 is 0 Å². The van der Waals surface area contributed by atoms with Crippen molar-refractivity contribution in [2.45, 2.75) is 0 Å². The summed E-state index contributed by atoms with van der Waals surface area (Å²) in [4.78, 5) is 11.9. The molecule has 0 amide bonds. The second-order valence-corrected chi connectivity index (χ2v) is 3.96. The molecule has 0 aliphatic heterocycles. The lowest BCUT2D eigenvalue weighted by Gasteiger charge is -2.01. The largest absolute Gasteiger partial charge is 0.508 e. The maximum absolute atomic E-state index is 11.9. The summed E-state index contributed by atoms with van der Waals surface area (Å²) in [5.74, 6) is -0.704. The summed E-state index contributed by atoms with van der Waals surface area (Å²) in [6.45, 7) is 0. The number of benzene rings is 2. The standard InChI is InChI=1S/C15H12O4/c16-11-6-8-15(19)12(9-11)14(18)7-5-10-3-1-2-4-13(10)17/h1-9,16-17,19H. The van der Waals surface area contributed by atoms with Crippen molar-refractivity contribution in [1.29, 1.82) is 0 Å². The first kappa shape index (κ1) is 12.7. The second-order valence-electron chi connectivity index (χ2n) is 3.96. The van der Waals surface area contributed by atoms with Crippen molar-refractivity contribution >= 4 is 11.9 Å². The average Bonchev–Trinajstić information content (AvgIpc) is 2.40. The first-order valence-electron chi connectivity index (χ1n) is 5.60. The Morgan fingerprint density at radius 2 is 1.68 bits per heavy atom. The Hall–Kier alpha value is -2.75. The van der Waals surface area contributed by atoms with E-state index in [-0.39, 0.29) is 22.8 Å². The molecule has 0 fully saturated rings. The van der Waals surface area contributed by atoms with Crippen molar-refractivity contribution < 1.29 is 20.1 Å². The van der Waals surface area contributed by atoms with Gasteiger partial charge in [-0.15, -0.1) is 0 Å². The summed E-state index contributed by atoms with van der Waals surface area (Å²) in [7, 11) is 0. The normalized spacial score (nSPS) is 10.7. The average molecular weight is 256 g/mol. The van der Waals surface area contributed by atoms with E-state index in [4.69, 9.17) is 0 Å². The molecule has 0 aliphatic carbocycles. The fraction of sp³-hybridized carbons (Fsp3) is 0. The number of rotatable bonds is 3. The molecule has 3 N–H and O–H groups in total. The van der Waals surface area contributed by atoms with Gasteiger partial charge in [-0.2, -0.15) is 0 Å². The van der Waals surface area contributed by atoms with Gasteiger partial charge in [-0.25, -0.2) is 0 Å². The Morgan fingerprint density at radius 1 is 0.947 bits per heavy atom. The number of hydrogen-bond acceptors (Lipinski definition) is 4. The Bertz CT molecular complexity index is 644. The van der Waals surface area contributed by atoms with Crippen LogP contribution in [0.2, 0.25) is 0 Å².